The summed E-state index contributed by atoms with van der Waals surface area (Å²) in [5.74, 6) is -0.0258. The fourth-order valence-corrected chi connectivity index (χ4v) is 2.55. The van der Waals surface area contributed by atoms with Crippen LogP contribution in [0, 0.1) is 0 Å². The quantitative estimate of drug-likeness (QED) is 0.329. The zero-order valence-corrected chi connectivity index (χ0v) is 16.7. The molecule has 1 heterocycles. The lowest BCUT2D eigenvalue weighted by Gasteiger charge is -2.18. The monoisotopic (exact) mass is 379 g/mol. The summed E-state index contributed by atoms with van der Waals surface area (Å²) in [6.07, 6.45) is 14.6. The number of carbonyl (C=O) groups excluding carboxylic acids is 1. The molecule has 6 nitrogen and oxygen atoms in total. The van der Waals surface area contributed by atoms with Crippen molar-refractivity contribution in [3.8, 4) is 0 Å². The second-order valence-electron chi connectivity index (χ2n) is 5.87. The first kappa shape index (κ1) is 22.6. The maximum Gasteiger partial charge on any atom is 0.249 e. The maximum atomic E-state index is 12.7. The summed E-state index contributed by atoms with van der Waals surface area (Å²) < 4.78 is 0. The van der Waals surface area contributed by atoms with Gasteiger partial charge >= 0.3 is 0 Å². The highest BCUT2D eigenvalue weighted by Crippen LogP contribution is 2.18. The summed E-state index contributed by atoms with van der Waals surface area (Å²) in [6.45, 7) is 15.9. The van der Waals surface area contributed by atoms with Gasteiger partial charge in [0.25, 0.3) is 0 Å². The Balaban J connectivity index is 2.79. The molecule has 0 saturated carbocycles. The zero-order chi connectivity index (χ0) is 20.9. The molecule has 148 valence electrons. The molecule has 1 fully saturated rings. The standard InChI is InChI=1S/C22H29N5O/c1-7-9-11-19(10-8-2)26-21-14-15-27(22(21)28)18(4)12-13-20(23-5)17(3)16-25-24-6/h7-13,16,21,24,26H,1-4,14-15H2,5-6H3/b11-9-,13-12-,19-10+,23-20+,25-16-. The lowest BCUT2D eigenvalue weighted by atomic mass is 10.1. The van der Waals surface area contributed by atoms with Gasteiger partial charge in [-0.05, 0) is 30.7 Å². The Morgan fingerprint density at radius 2 is 1.96 bits per heavy atom. The third-order valence-corrected chi connectivity index (χ3v) is 3.96. The molecule has 1 amide bonds. The number of nitrogens with zero attached hydrogens (tertiary/aromatic N) is 3. The molecule has 28 heavy (non-hydrogen) atoms. The van der Waals surface area contributed by atoms with Crippen molar-refractivity contribution in [2.45, 2.75) is 12.5 Å². The first-order valence-corrected chi connectivity index (χ1v) is 8.91. The van der Waals surface area contributed by atoms with Crippen molar-refractivity contribution < 1.29 is 4.79 Å². The van der Waals surface area contributed by atoms with E-state index in [4.69, 9.17) is 0 Å². The number of nitrogens with one attached hydrogen (secondary N) is 2. The second kappa shape index (κ2) is 12.1. The number of amides is 1. The molecule has 0 aromatic heterocycles. The largest absolute Gasteiger partial charge is 0.374 e. The fraction of sp³-hybridized carbons (Fsp3) is 0.227. The van der Waals surface area contributed by atoms with Crippen LogP contribution in [0.25, 0.3) is 0 Å². The van der Waals surface area contributed by atoms with Crippen molar-refractivity contribution in [3.05, 3.63) is 85.8 Å². The van der Waals surface area contributed by atoms with E-state index in [0.717, 1.165) is 5.70 Å². The van der Waals surface area contributed by atoms with Crippen LogP contribution in [-0.2, 0) is 4.79 Å². The minimum Gasteiger partial charge on any atom is -0.374 e. The van der Waals surface area contributed by atoms with E-state index in [0.29, 0.717) is 29.9 Å². The molecule has 0 radical (unpaired) electrons. The van der Waals surface area contributed by atoms with Crippen molar-refractivity contribution >= 4 is 17.8 Å². The Hall–Kier alpha value is -3.41. The van der Waals surface area contributed by atoms with Crippen LogP contribution in [0.1, 0.15) is 6.42 Å². The lowest BCUT2D eigenvalue weighted by molar-refractivity contribution is -0.127. The van der Waals surface area contributed by atoms with Crippen molar-refractivity contribution in [2.24, 2.45) is 10.1 Å². The van der Waals surface area contributed by atoms with Crippen LogP contribution in [0.4, 0.5) is 0 Å². The van der Waals surface area contributed by atoms with Crippen LogP contribution < -0.4 is 10.7 Å². The molecule has 0 bridgehead atoms. The van der Waals surface area contributed by atoms with Crippen LogP contribution >= 0.6 is 0 Å². The zero-order valence-electron chi connectivity index (χ0n) is 16.7. The van der Waals surface area contributed by atoms with Crippen LogP contribution in [0.3, 0.4) is 0 Å². The van der Waals surface area contributed by atoms with Crippen molar-refractivity contribution in [2.75, 3.05) is 20.6 Å². The van der Waals surface area contributed by atoms with Gasteiger partial charge in [-0.1, -0.05) is 44.5 Å². The predicted molar refractivity (Wildman–Crippen MR) is 119 cm³/mol. The van der Waals surface area contributed by atoms with Gasteiger partial charge in [0.1, 0.15) is 6.04 Å². The highest BCUT2D eigenvalue weighted by atomic mass is 16.2. The molecule has 1 atom stereocenters. The van der Waals surface area contributed by atoms with Crippen LogP contribution in [0.15, 0.2) is 95.9 Å². The Bertz CT molecular complexity index is 768. The molecule has 1 unspecified atom stereocenters. The molecular weight excluding hydrogens is 350 g/mol. The van der Waals surface area contributed by atoms with E-state index in [-0.39, 0.29) is 11.9 Å². The number of hydrogen-bond acceptors (Lipinski definition) is 5. The molecule has 6 heteroatoms. The van der Waals surface area contributed by atoms with E-state index in [1.165, 1.54) is 0 Å². The lowest BCUT2D eigenvalue weighted by Crippen LogP contribution is -2.36. The highest BCUT2D eigenvalue weighted by Gasteiger charge is 2.32. The highest BCUT2D eigenvalue weighted by molar-refractivity contribution is 6.20. The Morgan fingerprint density at radius 3 is 2.57 bits per heavy atom. The summed E-state index contributed by atoms with van der Waals surface area (Å²) in [7, 11) is 3.38. The summed E-state index contributed by atoms with van der Waals surface area (Å²) in [6, 6.07) is -0.317. The molecule has 1 aliphatic heterocycles. The Labute approximate surface area is 167 Å². The maximum absolute atomic E-state index is 12.7. The molecule has 0 aromatic carbocycles. The molecule has 1 saturated heterocycles. The molecular formula is C22H29N5O. The number of carbonyl (C=O) groups is 1. The number of hydrogen-bond donors (Lipinski definition) is 2. The minimum absolute atomic E-state index is 0.0258. The van der Waals surface area contributed by atoms with Crippen molar-refractivity contribution in [1.29, 1.82) is 0 Å². The van der Waals surface area contributed by atoms with E-state index in [2.05, 4.69) is 47.2 Å². The third kappa shape index (κ3) is 6.72. The smallest absolute Gasteiger partial charge is 0.249 e. The number of aliphatic imine (C=N–C) groups is 1. The third-order valence-electron chi connectivity index (χ3n) is 3.96. The summed E-state index contributed by atoms with van der Waals surface area (Å²) >= 11 is 0. The van der Waals surface area contributed by atoms with Crippen LogP contribution in [0.5, 0.6) is 0 Å². The average molecular weight is 380 g/mol. The Morgan fingerprint density at radius 1 is 1.21 bits per heavy atom. The van der Waals surface area contributed by atoms with E-state index in [1.54, 1.807) is 55.6 Å². The van der Waals surface area contributed by atoms with Crippen LogP contribution in [0.2, 0.25) is 0 Å². The molecule has 0 aromatic rings. The summed E-state index contributed by atoms with van der Waals surface area (Å²) in [5.41, 5.74) is 5.38. The van der Waals surface area contributed by atoms with Crippen molar-refractivity contribution in [1.82, 2.24) is 15.6 Å². The summed E-state index contributed by atoms with van der Waals surface area (Å²) in [4.78, 5) is 18.6. The SMILES string of the molecule is C=C/C=C\C(=C/C=C)NC1CCN(C(=C)/C=C\C(=N/C)C(=C)/C=N\NC)C1=O. The van der Waals surface area contributed by atoms with Crippen LogP contribution in [-0.4, -0.2) is 49.4 Å². The first-order chi connectivity index (χ1) is 13.5. The molecule has 1 rings (SSSR count). The van der Waals surface area contributed by atoms with Gasteiger partial charge in [-0.15, -0.1) is 0 Å². The predicted octanol–water partition coefficient (Wildman–Crippen LogP) is 2.89. The van der Waals surface area contributed by atoms with Crippen molar-refractivity contribution in [3.63, 3.8) is 0 Å². The van der Waals surface area contributed by atoms with E-state index < -0.39 is 0 Å². The van der Waals surface area contributed by atoms with Gasteiger partial charge in [-0.2, -0.15) is 5.10 Å². The second-order valence-corrected chi connectivity index (χ2v) is 5.87. The minimum atomic E-state index is -0.317. The van der Waals surface area contributed by atoms with Gasteiger partial charge in [0.05, 0.1) is 11.9 Å². The molecule has 2 N–H and O–H groups in total. The van der Waals surface area contributed by atoms with E-state index in [1.807, 2.05) is 12.2 Å². The van der Waals surface area contributed by atoms with Gasteiger partial charge in [0.2, 0.25) is 5.91 Å². The van der Waals surface area contributed by atoms with Gasteiger partial charge in [-0.25, -0.2) is 0 Å². The molecule has 0 spiro atoms. The number of allylic oxidation sites excluding steroid dienone is 8. The first-order valence-electron chi connectivity index (χ1n) is 8.91. The fourth-order valence-electron chi connectivity index (χ4n) is 2.55. The van der Waals surface area contributed by atoms with Gasteiger partial charge in [0, 0.05) is 37.6 Å². The van der Waals surface area contributed by atoms with Gasteiger partial charge in [0.15, 0.2) is 0 Å². The average Bonchev–Trinajstić information content (AvgIpc) is 3.05. The Kier molecular flexibility index (Phi) is 9.75. The van der Waals surface area contributed by atoms with E-state index >= 15 is 0 Å². The van der Waals surface area contributed by atoms with E-state index in [9.17, 15) is 4.79 Å². The summed E-state index contributed by atoms with van der Waals surface area (Å²) in [5, 5.41) is 7.16. The number of hydrazone groups is 1. The van der Waals surface area contributed by atoms with Gasteiger partial charge < -0.3 is 15.6 Å². The number of rotatable bonds is 11. The van der Waals surface area contributed by atoms with Gasteiger partial charge in [-0.3, -0.25) is 9.79 Å². The topological polar surface area (TPSA) is 69.1 Å². The normalized spacial score (nSPS) is 18.3. The molecule has 1 aliphatic rings. The molecule has 0 aliphatic carbocycles. The number of likely N-dealkylation sites (tertiary alicyclic amines) is 1.